The molecule has 0 radical (unpaired) electrons. The van der Waals surface area contributed by atoms with Crippen LogP contribution in [-0.4, -0.2) is 43.1 Å². The molecule has 0 saturated heterocycles. The van der Waals surface area contributed by atoms with E-state index < -0.39 is 0 Å². The van der Waals surface area contributed by atoms with Gasteiger partial charge >= 0.3 is 0 Å². The van der Waals surface area contributed by atoms with Gasteiger partial charge in [-0.05, 0) is 25.8 Å². The van der Waals surface area contributed by atoms with Crippen molar-refractivity contribution in [3.8, 4) is 5.88 Å². The van der Waals surface area contributed by atoms with Crippen molar-refractivity contribution in [2.75, 3.05) is 27.2 Å². The summed E-state index contributed by atoms with van der Waals surface area (Å²) < 4.78 is 5.13. The van der Waals surface area contributed by atoms with Gasteiger partial charge in [-0.25, -0.2) is 9.98 Å². The zero-order valence-corrected chi connectivity index (χ0v) is 16.0. The van der Waals surface area contributed by atoms with Crippen molar-refractivity contribution in [3.63, 3.8) is 0 Å². The summed E-state index contributed by atoms with van der Waals surface area (Å²) in [4.78, 5) is 11.1. The van der Waals surface area contributed by atoms with E-state index in [0.29, 0.717) is 12.4 Å². The van der Waals surface area contributed by atoms with Crippen molar-refractivity contribution in [1.82, 2.24) is 15.2 Å². The van der Waals surface area contributed by atoms with Crippen molar-refractivity contribution in [2.24, 2.45) is 4.99 Å². The minimum Gasteiger partial charge on any atom is -0.481 e. The predicted octanol–water partition coefficient (Wildman–Crippen LogP) is 3.07. The molecule has 5 nitrogen and oxygen atoms in total. The highest BCUT2D eigenvalue weighted by Crippen LogP contribution is 2.07. The number of halogens is 1. The van der Waals surface area contributed by atoms with E-state index >= 15 is 0 Å². The molecule has 0 aliphatic heterocycles. The summed E-state index contributed by atoms with van der Waals surface area (Å²) >= 11 is 0. The number of unbranched alkanes of at least 4 members (excludes halogenated alkanes) is 1. The van der Waals surface area contributed by atoms with E-state index in [4.69, 9.17) is 4.74 Å². The lowest BCUT2D eigenvalue weighted by molar-refractivity contribution is 0.396. The van der Waals surface area contributed by atoms with Crippen molar-refractivity contribution < 1.29 is 4.74 Å². The number of ether oxygens (including phenoxy) is 1. The highest BCUT2D eigenvalue weighted by atomic mass is 127. The molecule has 0 atom stereocenters. The number of hydrogen-bond acceptors (Lipinski definition) is 3. The van der Waals surface area contributed by atoms with Gasteiger partial charge in [-0.2, -0.15) is 0 Å². The first-order chi connectivity index (χ1) is 10.2. The first-order valence-corrected chi connectivity index (χ1v) is 7.31. The Bertz CT molecular complexity index is 465. The van der Waals surface area contributed by atoms with Crippen LogP contribution in [0.5, 0.6) is 5.88 Å². The van der Waals surface area contributed by atoms with Crippen LogP contribution in [0.2, 0.25) is 0 Å². The fourth-order valence-electron chi connectivity index (χ4n) is 1.86. The predicted molar refractivity (Wildman–Crippen MR) is 103 cm³/mol. The molecule has 0 amide bonds. The number of guanidine groups is 1. The Labute approximate surface area is 150 Å². The molecule has 0 fully saturated rings. The lowest BCUT2D eigenvalue weighted by Gasteiger charge is -2.21. The standard InChI is InChI=1S/C16H26N4O.HI/c1-5-7-8-12-20(3)16(17-6-2)18-13-14-10-9-11-15(19-14)21-4;/h5,9-11H,1,6-8,12-13H2,2-4H3,(H,17,18);1H. The van der Waals surface area contributed by atoms with E-state index in [2.05, 4.69) is 33.7 Å². The molecule has 1 N–H and O–H groups in total. The molecule has 0 aliphatic carbocycles. The number of allylic oxidation sites excluding steroid dienone is 1. The number of aromatic nitrogens is 1. The van der Waals surface area contributed by atoms with Gasteiger partial charge in [-0.3, -0.25) is 0 Å². The third kappa shape index (κ3) is 7.63. The summed E-state index contributed by atoms with van der Waals surface area (Å²) in [6.07, 6.45) is 4.03. The van der Waals surface area contributed by atoms with Gasteiger partial charge in [-0.1, -0.05) is 12.1 Å². The van der Waals surface area contributed by atoms with Gasteiger partial charge in [0.25, 0.3) is 0 Å². The van der Waals surface area contributed by atoms with Gasteiger partial charge in [-0.15, -0.1) is 30.6 Å². The van der Waals surface area contributed by atoms with Crippen LogP contribution in [0.25, 0.3) is 0 Å². The van der Waals surface area contributed by atoms with E-state index in [0.717, 1.165) is 37.6 Å². The number of aliphatic imine (C=N–C) groups is 1. The maximum atomic E-state index is 5.13. The fraction of sp³-hybridized carbons (Fsp3) is 0.500. The van der Waals surface area contributed by atoms with Crippen LogP contribution >= 0.6 is 24.0 Å². The summed E-state index contributed by atoms with van der Waals surface area (Å²) in [5.41, 5.74) is 0.893. The van der Waals surface area contributed by atoms with Crippen molar-refractivity contribution in [3.05, 3.63) is 36.5 Å². The highest BCUT2D eigenvalue weighted by Gasteiger charge is 2.05. The normalized spacial score (nSPS) is 10.6. The molecule has 1 rings (SSSR count). The van der Waals surface area contributed by atoms with Crippen LogP contribution in [0.4, 0.5) is 0 Å². The number of nitrogens with zero attached hydrogens (tertiary/aromatic N) is 3. The zero-order chi connectivity index (χ0) is 15.5. The van der Waals surface area contributed by atoms with E-state index in [1.54, 1.807) is 7.11 Å². The summed E-state index contributed by atoms with van der Waals surface area (Å²) in [5.74, 6) is 1.51. The maximum absolute atomic E-state index is 5.13. The van der Waals surface area contributed by atoms with Gasteiger partial charge < -0.3 is 15.0 Å². The molecule has 1 heterocycles. The summed E-state index contributed by atoms with van der Waals surface area (Å²) in [6, 6.07) is 5.71. The lowest BCUT2D eigenvalue weighted by Crippen LogP contribution is -2.39. The molecule has 0 bridgehead atoms. The maximum Gasteiger partial charge on any atom is 0.213 e. The van der Waals surface area contributed by atoms with Gasteiger partial charge in [0.2, 0.25) is 5.88 Å². The topological polar surface area (TPSA) is 49.8 Å². The Morgan fingerprint density at radius 2 is 2.27 bits per heavy atom. The molecular formula is C16H27IN4O. The molecule has 22 heavy (non-hydrogen) atoms. The second kappa shape index (κ2) is 12.3. The van der Waals surface area contributed by atoms with Crippen LogP contribution in [0.3, 0.4) is 0 Å². The Hall–Kier alpha value is -1.31. The van der Waals surface area contributed by atoms with E-state index in [1.165, 1.54) is 0 Å². The molecular weight excluding hydrogens is 391 g/mol. The minimum atomic E-state index is 0. The molecule has 1 aromatic rings. The Morgan fingerprint density at radius 1 is 1.50 bits per heavy atom. The number of rotatable bonds is 8. The van der Waals surface area contributed by atoms with Crippen molar-refractivity contribution in [1.29, 1.82) is 0 Å². The number of hydrogen-bond donors (Lipinski definition) is 1. The van der Waals surface area contributed by atoms with Crippen LogP contribution < -0.4 is 10.1 Å². The van der Waals surface area contributed by atoms with E-state index in [9.17, 15) is 0 Å². The second-order valence-corrected chi connectivity index (χ2v) is 4.69. The van der Waals surface area contributed by atoms with E-state index in [1.807, 2.05) is 31.3 Å². The van der Waals surface area contributed by atoms with Crippen molar-refractivity contribution in [2.45, 2.75) is 26.3 Å². The minimum absolute atomic E-state index is 0. The average Bonchev–Trinajstić information content (AvgIpc) is 2.51. The van der Waals surface area contributed by atoms with Gasteiger partial charge in [0.1, 0.15) is 0 Å². The molecule has 124 valence electrons. The molecule has 0 unspecified atom stereocenters. The molecule has 6 heteroatoms. The lowest BCUT2D eigenvalue weighted by atomic mass is 10.3. The average molecular weight is 418 g/mol. The van der Waals surface area contributed by atoms with Gasteiger partial charge in [0.05, 0.1) is 19.3 Å². The first kappa shape index (κ1) is 20.7. The van der Waals surface area contributed by atoms with Crippen LogP contribution in [-0.2, 0) is 6.54 Å². The monoisotopic (exact) mass is 418 g/mol. The van der Waals surface area contributed by atoms with Crippen LogP contribution in [0, 0.1) is 0 Å². The van der Waals surface area contributed by atoms with Crippen molar-refractivity contribution >= 4 is 29.9 Å². The van der Waals surface area contributed by atoms with Crippen LogP contribution in [0.15, 0.2) is 35.8 Å². The zero-order valence-electron chi connectivity index (χ0n) is 13.7. The summed E-state index contributed by atoms with van der Waals surface area (Å²) in [7, 11) is 3.66. The summed E-state index contributed by atoms with van der Waals surface area (Å²) in [5, 5.41) is 3.30. The smallest absolute Gasteiger partial charge is 0.213 e. The van der Waals surface area contributed by atoms with Gasteiger partial charge in [0.15, 0.2) is 5.96 Å². The summed E-state index contributed by atoms with van der Waals surface area (Å²) in [6.45, 7) is 8.14. The fourth-order valence-corrected chi connectivity index (χ4v) is 1.86. The third-order valence-corrected chi connectivity index (χ3v) is 2.98. The molecule has 0 spiro atoms. The highest BCUT2D eigenvalue weighted by molar-refractivity contribution is 14.0. The Kier molecular flexibility index (Phi) is 11.5. The first-order valence-electron chi connectivity index (χ1n) is 7.31. The number of pyridine rings is 1. The molecule has 1 aromatic heterocycles. The molecule has 0 aromatic carbocycles. The quantitative estimate of drug-likeness (QED) is 0.232. The Morgan fingerprint density at radius 3 is 2.91 bits per heavy atom. The van der Waals surface area contributed by atoms with Crippen LogP contribution in [0.1, 0.15) is 25.5 Å². The third-order valence-electron chi connectivity index (χ3n) is 2.98. The number of methoxy groups -OCH3 is 1. The largest absolute Gasteiger partial charge is 0.481 e. The van der Waals surface area contributed by atoms with E-state index in [-0.39, 0.29) is 24.0 Å². The molecule has 0 saturated carbocycles. The second-order valence-electron chi connectivity index (χ2n) is 4.69. The SMILES string of the molecule is C=CCCCN(C)C(=NCc1cccc(OC)n1)NCC.I. The van der Waals surface area contributed by atoms with Gasteiger partial charge in [0, 0.05) is 26.2 Å². The Balaban J connectivity index is 0.00000441. The number of nitrogens with one attached hydrogen (secondary N) is 1. The molecule has 0 aliphatic rings.